The summed E-state index contributed by atoms with van der Waals surface area (Å²) in [4.78, 5) is 12.4. The van der Waals surface area contributed by atoms with Crippen LogP contribution in [0.1, 0.15) is 50.8 Å². The van der Waals surface area contributed by atoms with Crippen molar-refractivity contribution in [2.75, 3.05) is 5.75 Å². The molecule has 0 radical (unpaired) electrons. The Kier molecular flexibility index (Phi) is 3.74. The fourth-order valence-corrected chi connectivity index (χ4v) is 3.95. The van der Waals surface area contributed by atoms with E-state index in [1.165, 1.54) is 32.1 Å². The molecule has 106 valence electrons. The van der Waals surface area contributed by atoms with Crippen molar-refractivity contribution < 1.29 is 0 Å². The zero-order chi connectivity index (χ0) is 13.3. The highest BCUT2D eigenvalue weighted by Gasteiger charge is 2.32. The lowest BCUT2D eigenvalue weighted by molar-refractivity contribution is 0.179. The number of hydrogen-bond donors (Lipinski definition) is 1. The molecule has 19 heavy (non-hydrogen) atoms. The molecule has 0 amide bonds. The molecule has 1 aromatic heterocycles. The van der Waals surface area contributed by atoms with Crippen molar-refractivity contribution in [1.82, 2.24) is 14.3 Å². The normalized spacial score (nSPS) is 22.2. The molecule has 1 aliphatic heterocycles. The van der Waals surface area contributed by atoms with Crippen LogP contribution in [0.25, 0.3) is 0 Å². The Labute approximate surface area is 119 Å². The Morgan fingerprint density at radius 3 is 2.63 bits per heavy atom. The van der Waals surface area contributed by atoms with Crippen molar-refractivity contribution in [3.8, 4) is 0 Å². The Hall–Kier alpha value is -0.710. The first kappa shape index (κ1) is 13.3. The maximum Gasteiger partial charge on any atom is 0.345 e. The molecule has 1 aromatic rings. The average molecular weight is 281 g/mol. The summed E-state index contributed by atoms with van der Waals surface area (Å²) in [5, 5.41) is 4.57. The summed E-state index contributed by atoms with van der Waals surface area (Å²) in [6.45, 7) is 1.61. The van der Waals surface area contributed by atoms with Gasteiger partial charge in [-0.2, -0.15) is 17.7 Å². The van der Waals surface area contributed by atoms with Gasteiger partial charge in [-0.15, -0.1) is 0 Å². The lowest BCUT2D eigenvalue weighted by Gasteiger charge is -2.35. The maximum atomic E-state index is 12.4. The number of rotatable bonds is 3. The van der Waals surface area contributed by atoms with Gasteiger partial charge in [0.1, 0.15) is 5.82 Å². The summed E-state index contributed by atoms with van der Waals surface area (Å²) in [7, 11) is 0. The summed E-state index contributed by atoms with van der Waals surface area (Å²) in [5.41, 5.74) is 0.289. The molecule has 1 fully saturated rings. The number of fused-ring (bicyclic) bond motifs is 1. The molecule has 1 aliphatic carbocycles. The number of hydrogen-bond acceptors (Lipinski definition) is 3. The molecular weight excluding hydrogens is 258 g/mol. The SMILES string of the molecule is O=c1n(CC2(CS)CCCCC2)nc2n1CCCC2. The predicted molar refractivity (Wildman–Crippen MR) is 78.8 cm³/mol. The third kappa shape index (κ3) is 2.49. The van der Waals surface area contributed by atoms with Gasteiger partial charge < -0.3 is 0 Å². The van der Waals surface area contributed by atoms with Crippen LogP contribution in [0, 0.1) is 5.41 Å². The van der Waals surface area contributed by atoms with E-state index >= 15 is 0 Å². The Bertz CT molecular complexity index is 499. The van der Waals surface area contributed by atoms with E-state index in [4.69, 9.17) is 0 Å². The van der Waals surface area contributed by atoms with Crippen LogP contribution in [-0.4, -0.2) is 20.1 Å². The number of thiol groups is 1. The summed E-state index contributed by atoms with van der Waals surface area (Å²) < 4.78 is 3.60. The monoisotopic (exact) mass is 281 g/mol. The van der Waals surface area contributed by atoms with Crippen LogP contribution >= 0.6 is 12.6 Å². The fourth-order valence-electron chi connectivity index (χ4n) is 3.54. The highest BCUT2D eigenvalue weighted by atomic mass is 32.1. The second-order valence-electron chi connectivity index (χ2n) is 6.18. The average Bonchev–Trinajstić information content (AvgIpc) is 2.77. The molecule has 0 N–H and O–H groups in total. The molecule has 0 unspecified atom stereocenters. The molecule has 5 heteroatoms. The van der Waals surface area contributed by atoms with E-state index in [1.807, 2.05) is 4.57 Å². The first-order chi connectivity index (χ1) is 9.24. The first-order valence-corrected chi connectivity index (χ1v) is 8.15. The highest BCUT2D eigenvalue weighted by molar-refractivity contribution is 7.80. The van der Waals surface area contributed by atoms with Crippen LogP contribution in [0.2, 0.25) is 0 Å². The van der Waals surface area contributed by atoms with Crippen molar-refractivity contribution >= 4 is 12.6 Å². The van der Waals surface area contributed by atoms with Crippen molar-refractivity contribution in [1.29, 1.82) is 0 Å². The van der Waals surface area contributed by atoms with Gasteiger partial charge in [-0.3, -0.25) is 4.57 Å². The molecule has 4 nitrogen and oxygen atoms in total. The minimum atomic E-state index is 0.0985. The molecule has 1 saturated carbocycles. The van der Waals surface area contributed by atoms with Crippen molar-refractivity contribution in [2.45, 2.75) is 64.5 Å². The number of nitrogens with zero attached hydrogens (tertiary/aromatic N) is 3. The smallest absolute Gasteiger partial charge is 0.279 e. The Balaban J connectivity index is 1.86. The van der Waals surface area contributed by atoms with Gasteiger partial charge in [0.05, 0.1) is 6.54 Å². The van der Waals surface area contributed by atoms with E-state index in [9.17, 15) is 4.79 Å². The van der Waals surface area contributed by atoms with E-state index in [-0.39, 0.29) is 11.1 Å². The van der Waals surface area contributed by atoms with Gasteiger partial charge in [-0.25, -0.2) is 9.48 Å². The second-order valence-corrected chi connectivity index (χ2v) is 6.50. The molecule has 0 aromatic carbocycles. The first-order valence-electron chi connectivity index (χ1n) is 7.52. The third-order valence-corrected chi connectivity index (χ3v) is 5.44. The van der Waals surface area contributed by atoms with Crippen molar-refractivity contribution in [3.63, 3.8) is 0 Å². The van der Waals surface area contributed by atoms with E-state index in [0.717, 1.165) is 43.9 Å². The highest BCUT2D eigenvalue weighted by Crippen LogP contribution is 2.38. The molecule has 2 heterocycles. The van der Waals surface area contributed by atoms with Crippen LogP contribution in [0.5, 0.6) is 0 Å². The third-order valence-electron chi connectivity index (χ3n) is 4.77. The summed E-state index contributed by atoms with van der Waals surface area (Å²) in [5.74, 6) is 1.85. The van der Waals surface area contributed by atoms with Crippen LogP contribution in [0.15, 0.2) is 4.79 Å². The second kappa shape index (κ2) is 5.35. The zero-order valence-corrected chi connectivity index (χ0v) is 12.4. The topological polar surface area (TPSA) is 39.8 Å². The number of aromatic nitrogens is 3. The van der Waals surface area contributed by atoms with Gasteiger partial charge in [-0.1, -0.05) is 19.3 Å². The summed E-state index contributed by atoms with van der Waals surface area (Å²) >= 11 is 4.55. The van der Waals surface area contributed by atoms with E-state index in [1.54, 1.807) is 4.68 Å². The summed E-state index contributed by atoms with van der Waals surface area (Å²) in [6.07, 6.45) is 9.45. The lowest BCUT2D eigenvalue weighted by Crippen LogP contribution is -2.36. The van der Waals surface area contributed by atoms with Gasteiger partial charge in [0.25, 0.3) is 0 Å². The summed E-state index contributed by atoms with van der Waals surface area (Å²) in [6, 6.07) is 0. The van der Waals surface area contributed by atoms with Crippen LogP contribution in [0.4, 0.5) is 0 Å². The lowest BCUT2D eigenvalue weighted by atomic mass is 9.75. The predicted octanol–water partition coefficient (Wildman–Crippen LogP) is 2.26. The quantitative estimate of drug-likeness (QED) is 0.863. The van der Waals surface area contributed by atoms with E-state index in [0.29, 0.717) is 0 Å². The molecule has 0 saturated heterocycles. The molecule has 3 rings (SSSR count). The largest absolute Gasteiger partial charge is 0.345 e. The fraction of sp³-hybridized carbons (Fsp3) is 0.857. The standard InChI is InChI=1S/C14H23N3OS/c18-13-16-9-5-2-6-12(16)15-17(13)10-14(11-19)7-3-1-4-8-14/h19H,1-11H2. The van der Waals surface area contributed by atoms with Crippen LogP contribution in [-0.2, 0) is 19.5 Å². The van der Waals surface area contributed by atoms with Gasteiger partial charge >= 0.3 is 5.69 Å². The van der Waals surface area contributed by atoms with Crippen molar-refractivity contribution in [2.24, 2.45) is 5.41 Å². The van der Waals surface area contributed by atoms with Crippen LogP contribution in [0.3, 0.4) is 0 Å². The zero-order valence-electron chi connectivity index (χ0n) is 11.5. The van der Waals surface area contributed by atoms with Crippen LogP contribution < -0.4 is 5.69 Å². The van der Waals surface area contributed by atoms with Crippen molar-refractivity contribution in [3.05, 3.63) is 16.3 Å². The Morgan fingerprint density at radius 1 is 1.16 bits per heavy atom. The van der Waals surface area contributed by atoms with Gasteiger partial charge in [-0.05, 0) is 36.9 Å². The van der Waals surface area contributed by atoms with Gasteiger partial charge in [0.15, 0.2) is 0 Å². The molecule has 2 aliphatic rings. The van der Waals surface area contributed by atoms with E-state index in [2.05, 4.69) is 17.7 Å². The number of aryl methyl sites for hydroxylation is 1. The minimum absolute atomic E-state index is 0.0985. The van der Waals surface area contributed by atoms with Gasteiger partial charge in [0, 0.05) is 13.0 Å². The molecule has 0 atom stereocenters. The molecule has 0 spiro atoms. The maximum absolute atomic E-state index is 12.4. The molecule has 0 bridgehead atoms. The minimum Gasteiger partial charge on any atom is -0.279 e. The van der Waals surface area contributed by atoms with Gasteiger partial charge in [0.2, 0.25) is 0 Å². The Morgan fingerprint density at radius 2 is 1.95 bits per heavy atom. The van der Waals surface area contributed by atoms with E-state index < -0.39 is 0 Å². The molecular formula is C14H23N3OS.